The van der Waals surface area contributed by atoms with Crippen LogP contribution in [0.2, 0.25) is 0 Å². The predicted molar refractivity (Wildman–Crippen MR) is 115 cm³/mol. The second-order valence-electron chi connectivity index (χ2n) is 7.95. The molecule has 2 aliphatic rings. The number of para-hydroxylation sites is 1. The summed E-state index contributed by atoms with van der Waals surface area (Å²) in [7, 11) is 0. The molecule has 1 aliphatic carbocycles. The Bertz CT molecular complexity index is 1040. The van der Waals surface area contributed by atoms with Crippen LogP contribution in [0.25, 0.3) is 0 Å². The Morgan fingerprint density at radius 2 is 1.72 bits per heavy atom. The standard InChI is InChI=1S/C25H26N2O2/c1-15-11-13-18(14-12-15)23-22(25(29)27-19-8-5-4-7-16(19)2)17(3)26-20-9-6-10-21(28)24(20)23/h4-5,7-8,11-14,23,26H,6,9-10H2,1-3H3,(H,27,29)/t23-/m0/s1. The lowest BCUT2D eigenvalue weighted by Crippen LogP contribution is -2.35. The minimum absolute atomic E-state index is 0.137. The number of ketones is 1. The van der Waals surface area contributed by atoms with Gasteiger partial charge in [-0.25, -0.2) is 0 Å². The van der Waals surface area contributed by atoms with Gasteiger partial charge in [0.1, 0.15) is 0 Å². The fourth-order valence-electron chi connectivity index (χ4n) is 4.28. The molecule has 0 radical (unpaired) electrons. The van der Waals surface area contributed by atoms with Gasteiger partial charge in [-0.05, 0) is 50.8 Å². The summed E-state index contributed by atoms with van der Waals surface area (Å²) in [5.41, 5.74) is 7.07. The first-order valence-corrected chi connectivity index (χ1v) is 10.1. The summed E-state index contributed by atoms with van der Waals surface area (Å²) in [5.74, 6) is -0.374. The molecule has 0 bridgehead atoms. The zero-order chi connectivity index (χ0) is 20.5. The van der Waals surface area contributed by atoms with Crippen LogP contribution in [-0.4, -0.2) is 11.7 Å². The fourth-order valence-corrected chi connectivity index (χ4v) is 4.28. The van der Waals surface area contributed by atoms with Crippen molar-refractivity contribution in [3.05, 3.63) is 87.8 Å². The van der Waals surface area contributed by atoms with E-state index in [0.717, 1.165) is 52.2 Å². The summed E-state index contributed by atoms with van der Waals surface area (Å²) in [6.45, 7) is 5.94. The van der Waals surface area contributed by atoms with Crippen LogP contribution in [-0.2, 0) is 9.59 Å². The van der Waals surface area contributed by atoms with Crippen molar-refractivity contribution >= 4 is 17.4 Å². The Morgan fingerprint density at radius 3 is 2.45 bits per heavy atom. The summed E-state index contributed by atoms with van der Waals surface area (Å²) in [6, 6.07) is 15.9. The van der Waals surface area contributed by atoms with Gasteiger partial charge in [0, 0.05) is 40.6 Å². The number of benzene rings is 2. The van der Waals surface area contributed by atoms with Crippen molar-refractivity contribution in [2.45, 2.75) is 46.0 Å². The van der Waals surface area contributed by atoms with E-state index < -0.39 is 0 Å². The second kappa shape index (κ2) is 7.70. The molecule has 2 aromatic rings. The van der Waals surface area contributed by atoms with Gasteiger partial charge >= 0.3 is 0 Å². The van der Waals surface area contributed by atoms with Crippen LogP contribution < -0.4 is 10.6 Å². The van der Waals surface area contributed by atoms with Crippen molar-refractivity contribution in [1.82, 2.24) is 5.32 Å². The Morgan fingerprint density at radius 1 is 1.00 bits per heavy atom. The molecule has 1 atom stereocenters. The molecular formula is C25H26N2O2. The largest absolute Gasteiger partial charge is 0.362 e. The van der Waals surface area contributed by atoms with E-state index in [9.17, 15) is 9.59 Å². The van der Waals surface area contributed by atoms with Crippen molar-refractivity contribution in [3.63, 3.8) is 0 Å². The monoisotopic (exact) mass is 386 g/mol. The number of nitrogens with one attached hydrogen (secondary N) is 2. The zero-order valence-electron chi connectivity index (χ0n) is 17.1. The molecule has 0 saturated heterocycles. The number of carbonyl (C=O) groups excluding carboxylic acids is 2. The van der Waals surface area contributed by atoms with Gasteiger partial charge < -0.3 is 10.6 Å². The molecule has 0 saturated carbocycles. The quantitative estimate of drug-likeness (QED) is 0.788. The van der Waals surface area contributed by atoms with Crippen LogP contribution in [0.5, 0.6) is 0 Å². The molecule has 0 unspecified atom stereocenters. The summed E-state index contributed by atoms with van der Waals surface area (Å²) in [4.78, 5) is 26.3. The molecule has 4 rings (SSSR count). The van der Waals surface area contributed by atoms with Crippen LogP contribution in [0, 0.1) is 13.8 Å². The highest BCUT2D eigenvalue weighted by molar-refractivity contribution is 6.10. The Balaban J connectivity index is 1.79. The molecule has 2 aromatic carbocycles. The van der Waals surface area contributed by atoms with E-state index in [-0.39, 0.29) is 17.6 Å². The minimum Gasteiger partial charge on any atom is -0.362 e. The number of rotatable bonds is 3. The van der Waals surface area contributed by atoms with Crippen LogP contribution >= 0.6 is 0 Å². The number of amides is 1. The second-order valence-corrected chi connectivity index (χ2v) is 7.95. The smallest absolute Gasteiger partial charge is 0.254 e. The number of anilines is 1. The number of Topliss-reactive ketones (excluding diaryl/α,β-unsaturated/α-hetero) is 1. The Labute approximate surface area is 171 Å². The third-order valence-corrected chi connectivity index (χ3v) is 5.82. The van der Waals surface area contributed by atoms with Crippen molar-refractivity contribution in [3.8, 4) is 0 Å². The molecule has 0 aromatic heterocycles. The molecule has 1 amide bonds. The molecule has 0 fully saturated rings. The van der Waals surface area contributed by atoms with Gasteiger partial charge in [-0.15, -0.1) is 0 Å². The summed E-state index contributed by atoms with van der Waals surface area (Å²) < 4.78 is 0. The van der Waals surface area contributed by atoms with Gasteiger partial charge in [0.15, 0.2) is 5.78 Å². The topological polar surface area (TPSA) is 58.2 Å². The molecule has 4 heteroatoms. The molecule has 0 spiro atoms. The van der Waals surface area contributed by atoms with Gasteiger partial charge in [-0.1, -0.05) is 48.0 Å². The van der Waals surface area contributed by atoms with Crippen molar-refractivity contribution < 1.29 is 9.59 Å². The first-order chi connectivity index (χ1) is 14.0. The van der Waals surface area contributed by atoms with E-state index in [4.69, 9.17) is 0 Å². The predicted octanol–water partition coefficient (Wildman–Crippen LogP) is 4.91. The van der Waals surface area contributed by atoms with E-state index in [2.05, 4.69) is 10.6 Å². The zero-order valence-corrected chi connectivity index (χ0v) is 17.1. The first-order valence-electron chi connectivity index (χ1n) is 10.1. The number of aryl methyl sites for hydroxylation is 2. The molecular weight excluding hydrogens is 360 g/mol. The third kappa shape index (κ3) is 3.63. The van der Waals surface area contributed by atoms with Gasteiger partial charge in [0.25, 0.3) is 5.91 Å². The average Bonchev–Trinajstić information content (AvgIpc) is 2.69. The molecule has 1 aliphatic heterocycles. The summed E-state index contributed by atoms with van der Waals surface area (Å²) in [5, 5.41) is 6.43. The molecule has 148 valence electrons. The number of allylic oxidation sites excluding steroid dienone is 3. The van der Waals surface area contributed by atoms with Crippen LogP contribution in [0.15, 0.2) is 71.1 Å². The Kier molecular flexibility index (Phi) is 5.10. The highest BCUT2D eigenvalue weighted by Crippen LogP contribution is 2.42. The maximum absolute atomic E-state index is 13.4. The van der Waals surface area contributed by atoms with Gasteiger partial charge in [0.2, 0.25) is 0 Å². The van der Waals surface area contributed by atoms with Gasteiger partial charge in [-0.3, -0.25) is 9.59 Å². The van der Waals surface area contributed by atoms with Crippen molar-refractivity contribution in [1.29, 1.82) is 0 Å². The van der Waals surface area contributed by atoms with E-state index in [1.54, 1.807) is 0 Å². The first kappa shape index (κ1) is 19.2. The lowest BCUT2D eigenvalue weighted by molar-refractivity contribution is -0.116. The average molecular weight is 386 g/mol. The third-order valence-electron chi connectivity index (χ3n) is 5.82. The van der Waals surface area contributed by atoms with Crippen molar-refractivity contribution in [2.24, 2.45) is 0 Å². The maximum Gasteiger partial charge on any atom is 0.254 e. The highest BCUT2D eigenvalue weighted by atomic mass is 16.2. The van der Waals surface area contributed by atoms with E-state index in [1.165, 1.54) is 0 Å². The normalized spacial score (nSPS) is 19.0. The summed E-state index contributed by atoms with van der Waals surface area (Å²) >= 11 is 0. The van der Waals surface area contributed by atoms with Crippen molar-refractivity contribution in [2.75, 3.05) is 5.32 Å². The SMILES string of the molecule is CC1=C(C(=O)Nc2ccccc2C)[C@H](c2ccc(C)cc2)C2=C(CCCC2=O)N1. The molecule has 1 heterocycles. The van der Waals surface area contributed by atoms with Crippen LogP contribution in [0.3, 0.4) is 0 Å². The van der Waals surface area contributed by atoms with Gasteiger partial charge in [-0.2, -0.15) is 0 Å². The van der Waals surface area contributed by atoms with E-state index >= 15 is 0 Å². The number of hydrogen-bond acceptors (Lipinski definition) is 3. The lowest BCUT2D eigenvalue weighted by Gasteiger charge is -2.34. The number of dihydropyridines is 1. The maximum atomic E-state index is 13.4. The minimum atomic E-state index is -0.344. The Hall–Kier alpha value is -3.14. The molecule has 29 heavy (non-hydrogen) atoms. The van der Waals surface area contributed by atoms with Crippen LogP contribution in [0.1, 0.15) is 48.8 Å². The number of hydrogen-bond donors (Lipinski definition) is 2. The molecule has 4 nitrogen and oxygen atoms in total. The van der Waals surface area contributed by atoms with Gasteiger partial charge in [0.05, 0.1) is 0 Å². The van der Waals surface area contributed by atoms with Crippen LogP contribution in [0.4, 0.5) is 5.69 Å². The lowest BCUT2D eigenvalue weighted by atomic mass is 9.75. The highest BCUT2D eigenvalue weighted by Gasteiger charge is 2.38. The molecule has 2 N–H and O–H groups in total. The fraction of sp³-hybridized carbons (Fsp3) is 0.280. The van der Waals surface area contributed by atoms with E-state index in [1.807, 2.05) is 69.3 Å². The van der Waals surface area contributed by atoms with E-state index in [0.29, 0.717) is 12.0 Å². The number of carbonyl (C=O) groups is 2. The summed E-state index contributed by atoms with van der Waals surface area (Å²) in [6.07, 6.45) is 2.23.